The van der Waals surface area contributed by atoms with Gasteiger partial charge in [-0.3, -0.25) is 4.79 Å². The van der Waals surface area contributed by atoms with E-state index < -0.39 is 0 Å². The molecule has 1 aromatic heterocycles. The normalized spacial score (nSPS) is 15.2. The summed E-state index contributed by atoms with van der Waals surface area (Å²) >= 11 is 0. The molecule has 132 valence electrons. The van der Waals surface area contributed by atoms with Gasteiger partial charge in [0.05, 0.1) is 0 Å². The topological polar surface area (TPSA) is 48.5 Å². The van der Waals surface area contributed by atoms with Gasteiger partial charge in [-0.15, -0.1) is 0 Å². The quantitative estimate of drug-likeness (QED) is 0.791. The van der Waals surface area contributed by atoms with Crippen molar-refractivity contribution in [2.75, 3.05) is 43.4 Å². The maximum absolute atomic E-state index is 12.6. The number of nitrogens with one attached hydrogen (secondary N) is 1. The van der Waals surface area contributed by atoms with Gasteiger partial charge in [-0.25, -0.2) is 4.98 Å². The molecule has 0 bridgehead atoms. The van der Waals surface area contributed by atoms with Crippen LogP contribution in [-0.2, 0) is 0 Å². The Bertz CT molecular complexity index is 932. The number of aromatic nitrogens is 1. The summed E-state index contributed by atoms with van der Waals surface area (Å²) in [7, 11) is 2.12. The predicted octanol–water partition coefficient (Wildman–Crippen LogP) is 3.24. The number of carbonyl (C=O) groups is 1. The zero-order valence-corrected chi connectivity index (χ0v) is 14.9. The van der Waals surface area contributed by atoms with Gasteiger partial charge in [0.15, 0.2) is 0 Å². The molecule has 5 nitrogen and oxygen atoms in total. The molecule has 4 rings (SSSR count). The standard InChI is InChI=1S/C21H22N4O/c1-24-11-13-25(14-12-24)20-8-4-7-19(23-20)21(26)22-18-10-9-16-5-2-3-6-17(16)15-18/h2-10,15H,11-14H2,1H3,(H,22,26). The van der Waals surface area contributed by atoms with Crippen LogP contribution in [0.25, 0.3) is 10.8 Å². The second-order valence-corrected chi connectivity index (χ2v) is 6.69. The van der Waals surface area contributed by atoms with E-state index >= 15 is 0 Å². The summed E-state index contributed by atoms with van der Waals surface area (Å²) in [6.07, 6.45) is 0. The molecule has 0 unspecified atom stereocenters. The third-order valence-electron chi connectivity index (χ3n) is 4.80. The molecule has 26 heavy (non-hydrogen) atoms. The number of benzene rings is 2. The van der Waals surface area contributed by atoms with Gasteiger partial charge in [0.2, 0.25) is 0 Å². The predicted molar refractivity (Wildman–Crippen MR) is 106 cm³/mol. The maximum atomic E-state index is 12.6. The van der Waals surface area contributed by atoms with Gasteiger partial charge in [0.25, 0.3) is 5.91 Å². The average molecular weight is 346 g/mol. The molecule has 0 spiro atoms. The Morgan fingerprint density at radius 1 is 0.923 bits per heavy atom. The molecule has 1 amide bonds. The zero-order chi connectivity index (χ0) is 17.9. The molecule has 1 fully saturated rings. The molecule has 2 heterocycles. The average Bonchev–Trinajstić information content (AvgIpc) is 2.68. The molecule has 1 aliphatic heterocycles. The third-order valence-corrected chi connectivity index (χ3v) is 4.80. The van der Waals surface area contributed by atoms with Crippen LogP contribution in [0.4, 0.5) is 11.5 Å². The third kappa shape index (κ3) is 3.53. The minimum atomic E-state index is -0.184. The van der Waals surface area contributed by atoms with E-state index in [0.29, 0.717) is 5.69 Å². The minimum Gasteiger partial charge on any atom is -0.354 e. The van der Waals surface area contributed by atoms with Gasteiger partial charge in [-0.2, -0.15) is 0 Å². The van der Waals surface area contributed by atoms with Gasteiger partial charge in [0, 0.05) is 31.9 Å². The largest absolute Gasteiger partial charge is 0.354 e. The number of hydrogen-bond donors (Lipinski definition) is 1. The Kier molecular flexibility index (Phi) is 4.54. The number of nitrogens with zero attached hydrogens (tertiary/aromatic N) is 3. The van der Waals surface area contributed by atoms with Crippen LogP contribution >= 0.6 is 0 Å². The number of pyridine rings is 1. The molecule has 5 heteroatoms. The van der Waals surface area contributed by atoms with Crippen molar-refractivity contribution in [3.63, 3.8) is 0 Å². The number of carbonyl (C=O) groups excluding carboxylic acids is 1. The van der Waals surface area contributed by atoms with Crippen LogP contribution < -0.4 is 10.2 Å². The fraction of sp³-hybridized carbons (Fsp3) is 0.238. The maximum Gasteiger partial charge on any atom is 0.274 e. The summed E-state index contributed by atoms with van der Waals surface area (Å²) in [6, 6.07) is 19.6. The van der Waals surface area contributed by atoms with Gasteiger partial charge in [-0.05, 0) is 42.1 Å². The first-order valence-electron chi connectivity index (χ1n) is 8.90. The van der Waals surface area contributed by atoms with Crippen LogP contribution in [0.1, 0.15) is 10.5 Å². The summed E-state index contributed by atoms with van der Waals surface area (Å²) in [6.45, 7) is 3.88. The number of fused-ring (bicyclic) bond motifs is 1. The number of anilines is 2. The number of likely N-dealkylation sites (N-methyl/N-ethyl adjacent to an activating group) is 1. The Balaban J connectivity index is 1.51. The second-order valence-electron chi connectivity index (χ2n) is 6.69. The molecule has 0 aliphatic carbocycles. The minimum absolute atomic E-state index is 0.184. The van der Waals surface area contributed by atoms with Crippen molar-refractivity contribution < 1.29 is 4.79 Å². The van der Waals surface area contributed by atoms with Crippen molar-refractivity contribution in [3.8, 4) is 0 Å². The molecule has 1 aliphatic rings. The first-order valence-corrected chi connectivity index (χ1v) is 8.90. The lowest BCUT2D eigenvalue weighted by atomic mass is 10.1. The van der Waals surface area contributed by atoms with Crippen LogP contribution in [0.5, 0.6) is 0 Å². The fourth-order valence-electron chi connectivity index (χ4n) is 3.22. The highest BCUT2D eigenvalue weighted by atomic mass is 16.1. The van der Waals surface area contributed by atoms with Gasteiger partial charge in [-0.1, -0.05) is 36.4 Å². The van der Waals surface area contributed by atoms with Crippen molar-refractivity contribution >= 4 is 28.2 Å². The van der Waals surface area contributed by atoms with Crippen LogP contribution in [0, 0.1) is 0 Å². The van der Waals surface area contributed by atoms with E-state index in [-0.39, 0.29) is 5.91 Å². The second kappa shape index (κ2) is 7.14. The van der Waals surface area contributed by atoms with E-state index in [1.54, 1.807) is 6.07 Å². The number of hydrogen-bond acceptors (Lipinski definition) is 4. The Hall–Kier alpha value is -2.92. The number of rotatable bonds is 3. The fourth-order valence-corrected chi connectivity index (χ4v) is 3.22. The highest BCUT2D eigenvalue weighted by molar-refractivity contribution is 6.04. The summed E-state index contributed by atoms with van der Waals surface area (Å²) in [5.41, 5.74) is 1.22. The van der Waals surface area contributed by atoms with Crippen LogP contribution in [-0.4, -0.2) is 49.0 Å². The lowest BCUT2D eigenvalue weighted by Gasteiger charge is -2.33. The molecule has 1 saturated heterocycles. The first-order chi connectivity index (χ1) is 12.7. The van der Waals surface area contributed by atoms with E-state index in [1.165, 1.54) is 0 Å². The summed E-state index contributed by atoms with van der Waals surface area (Å²) < 4.78 is 0. The van der Waals surface area contributed by atoms with Crippen molar-refractivity contribution in [2.45, 2.75) is 0 Å². The van der Waals surface area contributed by atoms with Crippen LogP contribution in [0.3, 0.4) is 0 Å². The van der Waals surface area contributed by atoms with Crippen molar-refractivity contribution in [1.29, 1.82) is 0 Å². The molecular weight excluding hydrogens is 324 g/mol. The Labute approximate surface area is 153 Å². The molecular formula is C21H22N4O. The lowest BCUT2D eigenvalue weighted by Crippen LogP contribution is -2.44. The smallest absolute Gasteiger partial charge is 0.274 e. The highest BCUT2D eigenvalue weighted by Crippen LogP contribution is 2.20. The van der Waals surface area contributed by atoms with E-state index in [0.717, 1.165) is 48.5 Å². The van der Waals surface area contributed by atoms with Crippen molar-refractivity contribution in [2.24, 2.45) is 0 Å². The summed E-state index contributed by atoms with van der Waals surface area (Å²) in [5.74, 6) is 0.681. The number of piperazine rings is 1. The van der Waals surface area contributed by atoms with E-state index in [4.69, 9.17) is 0 Å². The SMILES string of the molecule is CN1CCN(c2cccc(C(=O)Nc3ccc4ccccc4c3)n2)CC1. The molecule has 0 atom stereocenters. The molecule has 1 N–H and O–H groups in total. The Morgan fingerprint density at radius 3 is 2.50 bits per heavy atom. The van der Waals surface area contributed by atoms with Gasteiger partial charge >= 0.3 is 0 Å². The van der Waals surface area contributed by atoms with Crippen molar-refractivity contribution in [1.82, 2.24) is 9.88 Å². The van der Waals surface area contributed by atoms with E-state index in [1.807, 2.05) is 48.5 Å². The molecule has 0 saturated carbocycles. The van der Waals surface area contributed by atoms with Crippen molar-refractivity contribution in [3.05, 3.63) is 66.4 Å². The summed E-state index contributed by atoms with van der Waals surface area (Å²) in [5, 5.41) is 5.21. The molecule has 3 aromatic rings. The molecule has 0 radical (unpaired) electrons. The van der Waals surface area contributed by atoms with E-state index in [2.05, 4.69) is 33.2 Å². The molecule has 2 aromatic carbocycles. The zero-order valence-electron chi connectivity index (χ0n) is 14.9. The highest BCUT2D eigenvalue weighted by Gasteiger charge is 2.17. The van der Waals surface area contributed by atoms with Crippen LogP contribution in [0.2, 0.25) is 0 Å². The van der Waals surface area contributed by atoms with E-state index in [9.17, 15) is 4.79 Å². The lowest BCUT2D eigenvalue weighted by molar-refractivity contribution is 0.102. The Morgan fingerprint density at radius 2 is 1.69 bits per heavy atom. The van der Waals surface area contributed by atoms with Gasteiger partial charge < -0.3 is 15.1 Å². The van der Waals surface area contributed by atoms with Gasteiger partial charge in [0.1, 0.15) is 11.5 Å². The summed E-state index contributed by atoms with van der Waals surface area (Å²) in [4.78, 5) is 21.7. The first kappa shape index (κ1) is 16.5. The monoisotopic (exact) mass is 346 g/mol. The number of amides is 1. The van der Waals surface area contributed by atoms with Crippen LogP contribution in [0.15, 0.2) is 60.7 Å².